The predicted molar refractivity (Wildman–Crippen MR) is 220 cm³/mol. The van der Waals surface area contributed by atoms with Crippen LogP contribution in [0.5, 0.6) is 0 Å². The maximum atomic E-state index is 5.35. The first-order valence-electron chi connectivity index (χ1n) is 18.3. The van der Waals surface area contributed by atoms with Crippen LogP contribution in [0.1, 0.15) is 47.8 Å². The molecular weight excluding hydrogens is 645 g/mol. The zero-order valence-corrected chi connectivity index (χ0v) is 30.0. The highest BCUT2D eigenvalue weighted by Crippen LogP contribution is 2.52. The van der Waals surface area contributed by atoms with Gasteiger partial charge in [-0.1, -0.05) is 166 Å². The zero-order chi connectivity index (χ0) is 35.7. The number of hydrogen-bond donors (Lipinski definition) is 0. The van der Waals surface area contributed by atoms with Crippen molar-refractivity contribution in [3.63, 3.8) is 0 Å². The molecule has 10 rings (SSSR count). The molecule has 254 valence electrons. The van der Waals surface area contributed by atoms with Crippen LogP contribution in [0.4, 0.5) is 0 Å². The van der Waals surface area contributed by atoms with Crippen molar-refractivity contribution in [3.05, 3.63) is 198 Å². The summed E-state index contributed by atoms with van der Waals surface area (Å²) >= 11 is 0. The minimum atomic E-state index is -0.230. The molecule has 8 aromatic rings. The van der Waals surface area contributed by atoms with Crippen LogP contribution in [0.15, 0.2) is 180 Å². The monoisotopic (exact) mass is 682 g/mol. The van der Waals surface area contributed by atoms with E-state index in [1.165, 1.54) is 55.2 Å². The highest BCUT2D eigenvalue weighted by Gasteiger charge is 2.38. The molecule has 4 nitrogen and oxygen atoms in total. The van der Waals surface area contributed by atoms with Crippen molar-refractivity contribution >= 4 is 33.5 Å². The van der Waals surface area contributed by atoms with Crippen molar-refractivity contribution in [2.24, 2.45) is 9.98 Å². The molecule has 4 heteroatoms. The van der Waals surface area contributed by atoms with Gasteiger partial charge >= 0.3 is 0 Å². The molecular formula is C49H38N4. The molecule has 1 aromatic heterocycles. The minimum Gasteiger partial charge on any atom is -0.333 e. The summed E-state index contributed by atoms with van der Waals surface area (Å²) in [5.74, 6) is 1.61. The van der Waals surface area contributed by atoms with E-state index in [4.69, 9.17) is 9.98 Å². The van der Waals surface area contributed by atoms with E-state index in [1.807, 2.05) is 0 Å². The van der Waals surface area contributed by atoms with Crippen LogP contribution in [-0.2, 0) is 5.41 Å². The van der Waals surface area contributed by atoms with Gasteiger partial charge in [-0.25, -0.2) is 9.98 Å². The van der Waals surface area contributed by atoms with Crippen molar-refractivity contribution in [3.8, 4) is 27.9 Å². The van der Waals surface area contributed by atoms with Gasteiger partial charge < -0.3 is 9.47 Å². The topological polar surface area (TPSA) is 32.9 Å². The van der Waals surface area contributed by atoms with Gasteiger partial charge in [-0.3, -0.25) is 0 Å². The second-order valence-electron chi connectivity index (χ2n) is 14.7. The average Bonchev–Trinajstić information content (AvgIpc) is 3.67. The molecule has 1 unspecified atom stereocenters. The number of para-hydroxylation sites is 1. The maximum absolute atomic E-state index is 5.35. The van der Waals surface area contributed by atoms with Gasteiger partial charge in [0, 0.05) is 40.0 Å². The van der Waals surface area contributed by atoms with Crippen molar-refractivity contribution in [2.45, 2.75) is 25.4 Å². The van der Waals surface area contributed by atoms with Gasteiger partial charge in [0.15, 0.2) is 5.84 Å². The molecule has 0 fully saturated rings. The molecule has 53 heavy (non-hydrogen) atoms. The van der Waals surface area contributed by atoms with Gasteiger partial charge in [0.1, 0.15) is 12.0 Å². The summed E-state index contributed by atoms with van der Waals surface area (Å²) in [5, 5.41) is 2.52. The molecule has 1 aliphatic heterocycles. The molecule has 0 radical (unpaired) electrons. The third-order valence-electron chi connectivity index (χ3n) is 11.2. The lowest BCUT2D eigenvalue weighted by Gasteiger charge is -2.32. The SMILES string of the molecule is CN1C(c2ccc(-c3ccccc3)cc2)=NC(c2cccc(-n3c4ccccc4c4ccc5c(c43)C(C)(C)c3ccccc3-5)c2)=NC1c1ccccc1. The number of nitrogens with zero attached hydrogens (tertiary/aromatic N) is 4. The van der Waals surface area contributed by atoms with Crippen LogP contribution >= 0.6 is 0 Å². The molecule has 1 atom stereocenters. The molecule has 0 bridgehead atoms. The summed E-state index contributed by atoms with van der Waals surface area (Å²) in [4.78, 5) is 12.9. The molecule has 2 heterocycles. The van der Waals surface area contributed by atoms with Gasteiger partial charge in [-0.15, -0.1) is 0 Å². The van der Waals surface area contributed by atoms with Crippen LogP contribution < -0.4 is 0 Å². The van der Waals surface area contributed by atoms with Crippen molar-refractivity contribution < 1.29 is 0 Å². The number of fused-ring (bicyclic) bond motifs is 7. The van der Waals surface area contributed by atoms with Crippen molar-refractivity contribution in [1.29, 1.82) is 0 Å². The largest absolute Gasteiger partial charge is 0.333 e. The second kappa shape index (κ2) is 12.0. The predicted octanol–water partition coefficient (Wildman–Crippen LogP) is 11.6. The normalized spacial score (nSPS) is 16.0. The van der Waals surface area contributed by atoms with Crippen LogP contribution in [0.2, 0.25) is 0 Å². The Morgan fingerprint density at radius 3 is 2.02 bits per heavy atom. The number of benzene rings is 7. The van der Waals surface area contributed by atoms with E-state index in [0.717, 1.165) is 34.0 Å². The summed E-state index contributed by atoms with van der Waals surface area (Å²) in [6.07, 6.45) is -0.230. The Morgan fingerprint density at radius 2 is 1.21 bits per heavy atom. The third-order valence-corrected chi connectivity index (χ3v) is 11.2. The first-order valence-corrected chi connectivity index (χ1v) is 18.3. The Hall–Kier alpha value is -6.52. The van der Waals surface area contributed by atoms with E-state index in [0.29, 0.717) is 0 Å². The lowest BCUT2D eigenvalue weighted by Crippen LogP contribution is -2.35. The van der Waals surface area contributed by atoms with Crippen LogP contribution in [0.3, 0.4) is 0 Å². The summed E-state index contributed by atoms with van der Waals surface area (Å²) in [6, 6.07) is 60.9. The molecule has 2 aliphatic rings. The van der Waals surface area contributed by atoms with E-state index in [1.54, 1.807) is 0 Å². The van der Waals surface area contributed by atoms with E-state index >= 15 is 0 Å². The molecule has 1 aliphatic carbocycles. The fourth-order valence-electron chi connectivity index (χ4n) is 8.66. The van der Waals surface area contributed by atoms with Gasteiger partial charge in [-0.2, -0.15) is 0 Å². The van der Waals surface area contributed by atoms with Gasteiger partial charge in [0.25, 0.3) is 0 Å². The number of aliphatic imine (C=N–C) groups is 2. The van der Waals surface area contributed by atoms with E-state index in [2.05, 4.69) is 200 Å². The summed E-state index contributed by atoms with van der Waals surface area (Å²) < 4.78 is 2.47. The fraction of sp³-hybridized carbons (Fsp3) is 0.102. The Morgan fingerprint density at radius 1 is 0.547 bits per heavy atom. The maximum Gasteiger partial charge on any atom is 0.159 e. The summed E-state index contributed by atoms with van der Waals surface area (Å²) in [6.45, 7) is 4.74. The molecule has 0 spiro atoms. The number of rotatable bonds is 5. The minimum absolute atomic E-state index is 0.161. The van der Waals surface area contributed by atoms with E-state index in [-0.39, 0.29) is 11.6 Å². The number of aromatic nitrogens is 1. The zero-order valence-electron chi connectivity index (χ0n) is 30.0. The Kier molecular flexibility index (Phi) is 7.09. The Labute approximate surface area is 310 Å². The Balaban J connectivity index is 1.15. The van der Waals surface area contributed by atoms with Crippen LogP contribution in [0.25, 0.3) is 49.7 Å². The fourth-order valence-corrected chi connectivity index (χ4v) is 8.66. The summed E-state index contributed by atoms with van der Waals surface area (Å²) in [7, 11) is 2.09. The van der Waals surface area contributed by atoms with Crippen molar-refractivity contribution in [2.75, 3.05) is 7.05 Å². The molecule has 0 N–H and O–H groups in total. The molecule has 0 saturated heterocycles. The highest BCUT2D eigenvalue weighted by atomic mass is 15.3. The van der Waals surface area contributed by atoms with E-state index < -0.39 is 0 Å². The molecule has 0 saturated carbocycles. The van der Waals surface area contributed by atoms with Crippen LogP contribution in [-0.4, -0.2) is 28.2 Å². The van der Waals surface area contributed by atoms with Gasteiger partial charge in [0.2, 0.25) is 0 Å². The van der Waals surface area contributed by atoms with Crippen molar-refractivity contribution in [1.82, 2.24) is 9.47 Å². The van der Waals surface area contributed by atoms with E-state index in [9.17, 15) is 0 Å². The second-order valence-corrected chi connectivity index (χ2v) is 14.7. The van der Waals surface area contributed by atoms with Gasteiger partial charge in [0.05, 0.1) is 11.0 Å². The highest BCUT2D eigenvalue weighted by molar-refractivity contribution is 6.15. The lowest BCUT2D eigenvalue weighted by atomic mass is 9.81. The first kappa shape index (κ1) is 31.2. The van der Waals surface area contributed by atoms with Gasteiger partial charge in [-0.05, 0) is 57.1 Å². The number of amidine groups is 2. The average molecular weight is 683 g/mol. The number of hydrogen-bond acceptors (Lipinski definition) is 3. The van der Waals surface area contributed by atoms with Crippen LogP contribution in [0, 0.1) is 0 Å². The smallest absolute Gasteiger partial charge is 0.159 e. The third kappa shape index (κ3) is 4.90. The standard InChI is InChI=1S/C49H38N4/c1-49(2)42-23-12-10-21-38(42)40-29-30-41-39-22-11-13-24-43(39)53(45(41)44(40)49)37-20-14-19-36(31-37)46-50-47(34-17-8-5-9-18-34)52(3)48(51-46)35-27-25-33(26-28-35)32-15-6-4-7-16-32/h4-31,47H,1-3H3. The quantitative estimate of drug-likeness (QED) is 0.178. The first-order chi connectivity index (χ1) is 26.0. The Bertz CT molecular complexity index is 2750. The molecule has 7 aromatic carbocycles. The lowest BCUT2D eigenvalue weighted by molar-refractivity contribution is 0.383. The summed E-state index contributed by atoms with van der Waals surface area (Å²) in [5.41, 5.74) is 14.3. The molecule has 0 amide bonds.